The average Bonchev–Trinajstić information content (AvgIpc) is 1.50. The first kappa shape index (κ1) is 84.5. The number of hydrogen-bond acceptors (Lipinski definition) is 2. The molecule has 0 saturated heterocycles. The Morgan fingerprint density at radius 2 is 0.444 bits per heavy atom. The summed E-state index contributed by atoms with van der Waals surface area (Å²) in [4.78, 5) is 4.92. The van der Waals surface area contributed by atoms with Gasteiger partial charge in [0.15, 0.2) is 0 Å². The fourth-order valence-corrected chi connectivity index (χ4v) is 23.4. The summed E-state index contributed by atoms with van der Waals surface area (Å²) in [7, 11) is 0. The van der Waals surface area contributed by atoms with Crippen molar-refractivity contribution in [1.29, 1.82) is 0 Å². The highest BCUT2D eigenvalue weighted by molar-refractivity contribution is 6.11. The van der Waals surface area contributed by atoms with Crippen molar-refractivity contribution in [2.24, 2.45) is 0 Å². The van der Waals surface area contributed by atoms with Crippen molar-refractivity contribution in [2.75, 3.05) is 9.80 Å². The first-order valence-electron chi connectivity index (χ1n) is 49.4. The first-order chi connectivity index (χ1) is 70.0. The molecule has 2 heterocycles. The summed E-state index contributed by atoms with van der Waals surface area (Å²) in [6.45, 7) is 9.06. The number of benzene rings is 22. The predicted molar refractivity (Wildman–Crippen MR) is 598 cm³/mol. The molecule has 2 aromatic heterocycles. The van der Waals surface area contributed by atoms with Crippen molar-refractivity contribution in [3.05, 3.63) is 566 Å². The summed E-state index contributed by atoms with van der Waals surface area (Å²) in [6.07, 6.45) is 0. The molecule has 3 aliphatic carbocycles. The van der Waals surface area contributed by atoms with E-state index in [4.69, 9.17) is 0 Å². The SMILES string of the molecule is Cc1ccc2c(c1)c1cc(C)ccc1n2-c1ccc(-c2ccc(-c3ccc(N(c4ccc5c(c4)C(C)(C)c4ccccc4-5)c4ccccc4-c4cccc(-c5ccccc5)c4)cc3)cc2)cc1.c1ccc(-c2cccc(-c3ccccc3N(c3ccc(-c4ccc(-c5ccc(-n6c7ccccc7c7ccccc76)cc5)cc4)cc3)c3ccc4c(c3)C3(c5ccccc5-c5ccccc53)c3ccccc3-4)c2)cc1. The number of anilines is 6. The summed E-state index contributed by atoms with van der Waals surface area (Å²) >= 11 is 0. The molecule has 0 fully saturated rings. The van der Waals surface area contributed by atoms with Crippen molar-refractivity contribution >= 4 is 77.7 Å². The maximum atomic E-state index is 2.49. The van der Waals surface area contributed by atoms with Gasteiger partial charge in [0.05, 0.1) is 38.9 Å². The molecule has 0 aliphatic heterocycles. The van der Waals surface area contributed by atoms with Gasteiger partial charge in [-0.2, -0.15) is 0 Å². The molecule has 0 atom stereocenters. The Morgan fingerprint density at radius 1 is 0.169 bits per heavy atom. The molecule has 0 unspecified atom stereocenters. The monoisotopic (exact) mass is 1810 g/mol. The van der Waals surface area contributed by atoms with E-state index in [9.17, 15) is 0 Å². The standard InChI is InChI=1S/C73H48N2.C65H50N2/c1-2-17-49(18-3-1)54-19-16-20-55(47-54)59-21-7-13-30-70(59)74(58-45-46-63-62-24-6-12-29-68(62)73(69(63)48-58)66-27-10-4-22-60(66)61-23-5-11-28-67(61)73)56-41-37-52(38-42-56)50-33-35-51(36-34-50)53-39-43-57(44-40-53)75-71-31-14-8-25-64(71)65-26-9-15-32-72(65)75;1-43-21-37-63-58(39-43)59-40-44(2)22-38-64(59)67(63)53-33-29-49(30-34-53)47-25-23-46(24-26-47)48-27-31-52(32-28-48)66(54-35-36-57-56-18-8-10-19-60(56)65(3,4)61(57)42-54)62-20-11-9-17-55(62)51-16-12-15-50(41-51)45-13-6-5-7-14-45/h1-48H;5-42H,1-4H3. The zero-order chi connectivity index (χ0) is 94.7. The molecule has 1 spiro atoms. The van der Waals surface area contributed by atoms with E-state index in [0.717, 1.165) is 45.4 Å². The van der Waals surface area contributed by atoms with Crippen LogP contribution in [-0.2, 0) is 10.8 Å². The zero-order valence-electron chi connectivity index (χ0n) is 79.4. The van der Waals surface area contributed by atoms with Gasteiger partial charge in [-0.05, 0) is 292 Å². The maximum Gasteiger partial charge on any atom is 0.0726 e. The Balaban J connectivity index is 0.000000146. The summed E-state index contributed by atoms with van der Waals surface area (Å²) in [5.41, 5.74) is 50.7. The quantitative estimate of drug-likeness (QED) is 0.0959. The van der Waals surface area contributed by atoms with E-state index < -0.39 is 5.41 Å². The predicted octanol–water partition coefficient (Wildman–Crippen LogP) is 37.1. The Labute approximate surface area is 829 Å². The Kier molecular flexibility index (Phi) is 20.6. The third kappa shape index (κ3) is 14.3. The number of hydrogen-bond donors (Lipinski definition) is 0. The Hall–Kier alpha value is -18.0. The van der Waals surface area contributed by atoms with Crippen LogP contribution in [0.5, 0.6) is 0 Å². The zero-order valence-corrected chi connectivity index (χ0v) is 79.4. The normalized spacial score (nSPS) is 12.6. The fraction of sp³-hybridized carbons (Fsp3) is 0.0435. The lowest BCUT2D eigenvalue weighted by Gasteiger charge is -2.32. The van der Waals surface area contributed by atoms with Gasteiger partial charge in [0.2, 0.25) is 0 Å². The second kappa shape index (κ2) is 34.6. The van der Waals surface area contributed by atoms with E-state index in [1.165, 1.54) is 211 Å². The van der Waals surface area contributed by atoms with Gasteiger partial charge in [-0.25, -0.2) is 0 Å². The van der Waals surface area contributed by atoms with Gasteiger partial charge < -0.3 is 18.9 Å². The van der Waals surface area contributed by atoms with Crippen LogP contribution in [0, 0.1) is 13.8 Å². The Morgan fingerprint density at radius 3 is 0.845 bits per heavy atom. The molecule has 0 bridgehead atoms. The van der Waals surface area contributed by atoms with E-state index in [1.807, 2.05) is 0 Å². The number of aryl methyl sites for hydroxylation is 2. The van der Waals surface area contributed by atoms with Crippen LogP contribution in [0.1, 0.15) is 58.4 Å². The van der Waals surface area contributed by atoms with Crippen LogP contribution in [0.25, 0.3) is 177 Å². The first-order valence-corrected chi connectivity index (χ1v) is 49.4. The molecule has 0 amide bonds. The fourth-order valence-electron chi connectivity index (χ4n) is 23.4. The molecule has 3 aliphatic rings. The van der Waals surface area contributed by atoms with Crippen LogP contribution in [0.15, 0.2) is 522 Å². The largest absolute Gasteiger partial charge is 0.310 e. The van der Waals surface area contributed by atoms with Crippen molar-refractivity contribution in [1.82, 2.24) is 9.13 Å². The second-order valence-corrected chi connectivity index (χ2v) is 38.7. The lowest BCUT2D eigenvalue weighted by molar-refractivity contribution is 0.660. The van der Waals surface area contributed by atoms with Gasteiger partial charge >= 0.3 is 0 Å². The van der Waals surface area contributed by atoms with E-state index in [1.54, 1.807) is 0 Å². The molecule has 4 heteroatoms. The molecule has 0 N–H and O–H groups in total. The number of rotatable bonds is 16. The number of aromatic nitrogens is 2. The average molecular weight is 1810 g/mol. The van der Waals surface area contributed by atoms with Crippen LogP contribution in [0.3, 0.4) is 0 Å². The molecular weight excluding hydrogens is 1710 g/mol. The molecule has 24 aromatic rings. The van der Waals surface area contributed by atoms with Crippen molar-refractivity contribution in [3.8, 4) is 134 Å². The van der Waals surface area contributed by atoms with Crippen LogP contribution >= 0.6 is 0 Å². The number of nitrogens with zero attached hydrogens (tertiary/aromatic N) is 4. The molecular formula is C138H98N4. The van der Waals surface area contributed by atoms with E-state index >= 15 is 0 Å². The molecule has 4 nitrogen and oxygen atoms in total. The molecule has 670 valence electrons. The summed E-state index contributed by atoms with van der Waals surface area (Å²) < 4.78 is 4.77. The van der Waals surface area contributed by atoms with Crippen molar-refractivity contribution in [3.63, 3.8) is 0 Å². The van der Waals surface area contributed by atoms with Crippen molar-refractivity contribution < 1.29 is 0 Å². The summed E-state index contributed by atoms with van der Waals surface area (Å²) in [5, 5.41) is 5.14. The molecule has 0 saturated carbocycles. The molecule has 27 rings (SSSR count). The van der Waals surface area contributed by atoms with E-state index in [2.05, 4.69) is 568 Å². The van der Waals surface area contributed by atoms with Gasteiger partial charge in [-0.3, -0.25) is 0 Å². The smallest absolute Gasteiger partial charge is 0.0726 e. The van der Waals surface area contributed by atoms with Crippen LogP contribution in [0.2, 0.25) is 0 Å². The van der Waals surface area contributed by atoms with Gasteiger partial charge in [-0.15, -0.1) is 0 Å². The lowest BCUT2D eigenvalue weighted by atomic mass is 9.70. The van der Waals surface area contributed by atoms with Crippen LogP contribution in [0.4, 0.5) is 34.1 Å². The molecule has 0 radical (unpaired) electrons. The third-order valence-electron chi connectivity index (χ3n) is 30.2. The molecule has 142 heavy (non-hydrogen) atoms. The summed E-state index contributed by atoms with van der Waals surface area (Å²) in [6, 6.07) is 193. The Bertz CT molecular complexity index is 8860. The van der Waals surface area contributed by atoms with Crippen molar-refractivity contribution in [2.45, 2.75) is 38.5 Å². The van der Waals surface area contributed by atoms with E-state index in [-0.39, 0.29) is 5.41 Å². The van der Waals surface area contributed by atoms with Crippen LogP contribution < -0.4 is 9.80 Å². The van der Waals surface area contributed by atoms with Gasteiger partial charge in [0, 0.05) is 72.2 Å². The highest BCUT2D eigenvalue weighted by Crippen LogP contribution is 2.64. The highest BCUT2D eigenvalue weighted by atomic mass is 15.2. The molecule has 22 aromatic carbocycles. The highest BCUT2D eigenvalue weighted by Gasteiger charge is 2.52. The minimum absolute atomic E-state index is 0.125. The second-order valence-electron chi connectivity index (χ2n) is 38.7. The maximum absolute atomic E-state index is 2.49. The minimum Gasteiger partial charge on any atom is -0.310 e. The van der Waals surface area contributed by atoms with Gasteiger partial charge in [-0.1, -0.05) is 413 Å². The topological polar surface area (TPSA) is 16.3 Å². The number of para-hydroxylation sites is 4. The van der Waals surface area contributed by atoms with Gasteiger partial charge in [0.1, 0.15) is 0 Å². The van der Waals surface area contributed by atoms with Gasteiger partial charge in [0.25, 0.3) is 0 Å². The third-order valence-corrected chi connectivity index (χ3v) is 30.2. The summed E-state index contributed by atoms with van der Waals surface area (Å²) in [5.74, 6) is 0. The number of fused-ring (bicyclic) bond motifs is 19. The van der Waals surface area contributed by atoms with Crippen LogP contribution in [-0.4, -0.2) is 9.13 Å². The lowest BCUT2D eigenvalue weighted by Crippen LogP contribution is -2.26. The minimum atomic E-state index is -0.464. The van der Waals surface area contributed by atoms with E-state index in [0.29, 0.717) is 0 Å².